The van der Waals surface area contributed by atoms with Gasteiger partial charge < -0.3 is 10.5 Å². The first kappa shape index (κ1) is 10.1. The summed E-state index contributed by atoms with van der Waals surface area (Å²) in [5.74, 6) is 0.599. The molecule has 74 valence electrons. The first-order valence-corrected chi connectivity index (χ1v) is 4.30. The monoisotopic (exact) mass is 185 g/mol. The molecule has 6 nitrogen and oxygen atoms in total. The molecule has 0 aliphatic carbocycles. The van der Waals surface area contributed by atoms with Crippen LogP contribution in [0.4, 0.5) is 0 Å². The van der Waals surface area contributed by atoms with Gasteiger partial charge in [0.2, 0.25) is 0 Å². The Morgan fingerprint density at radius 3 is 2.92 bits per heavy atom. The highest BCUT2D eigenvalue weighted by atomic mass is 16.5. The van der Waals surface area contributed by atoms with Gasteiger partial charge >= 0.3 is 0 Å². The van der Waals surface area contributed by atoms with Crippen LogP contribution in [0.2, 0.25) is 0 Å². The fourth-order valence-electron chi connectivity index (χ4n) is 0.786. The SMILES string of the molecule is CC(C)OCc1nnn(CCN)n1. The lowest BCUT2D eigenvalue weighted by molar-refractivity contribution is 0.0611. The van der Waals surface area contributed by atoms with E-state index < -0.39 is 0 Å². The fraction of sp³-hybridized carbons (Fsp3) is 0.857. The molecule has 0 aromatic carbocycles. The summed E-state index contributed by atoms with van der Waals surface area (Å²) >= 11 is 0. The van der Waals surface area contributed by atoms with E-state index in [0.29, 0.717) is 25.5 Å². The highest BCUT2D eigenvalue weighted by molar-refractivity contribution is 4.72. The molecule has 0 bridgehead atoms. The van der Waals surface area contributed by atoms with Crippen LogP contribution < -0.4 is 5.73 Å². The highest BCUT2D eigenvalue weighted by Gasteiger charge is 2.02. The molecule has 0 fully saturated rings. The van der Waals surface area contributed by atoms with Crippen molar-refractivity contribution in [3.05, 3.63) is 5.82 Å². The van der Waals surface area contributed by atoms with E-state index in [1.807, 2.05) is 13.8 Å². The zero-order chi connectivity index (χ0) is 9.68. The molecule has 2 N–H and O–H groups in total. The van der Waals surface area contributed by atoms with Gasteiger partial charge in [0.15, 0.2) is 5.82 Å². The number of hydrogen-bond acceptors (Lipinski definition) is 5. The minimum atomic E-state index is 0.182. The molecule has 13 heavy (non-hydrogen) atoms. The van der Waals surface area contributed by atoms with E-state index in [2.05, 4.69) is 15.4 Å². The number of rotatable bonds is 5. The van der Waals surface area contributed by atoms with E-state index in [-0.39, 0.29) is 6.10 Å². The van der Waals surface area contributed by atoms with E-state index in [0.717, 1.165) is 0 Å². The average Bonchev–Trinajstić information content (AvgIpc) is 2.50. The molecule has 1 rings (SSSR count). The number of nitrogens with zero attached hydrogens (tertiary/aromatic N) is 4. The number of hydrogen-bond donors (Lipinski definition) is 1. The average molecular weight is 185 g/mol. The summed E-state index contributed by atoms with van der Waals surface area (Å²) in [5.41, 5.74) is 5.33. The van der Waals surface area contributed by atoms with Crippen LogP contribution in [-0.4, -0.2) is 32.9 Å². The maximum absolute atomic E-state index is 5.33. The van der Waals surface area contributed by atoms with Gasteiger partial charge in [-0.15, -0.1) is 10.2 Å². The largest absolute Gasteiger partial charge is 0.371 e. The Balaban J connectivity index is 2.39. The van der Waals surface area contributed by atoms with E-state index in [9.17, 15) is 0 Å². The summed E-state index contributed by atoms with van der Waals surface area (Å²) in [7, 11) is 0. The van der Waals surface area contributed by atoms with Crippen LogP contribution in [0.15, 0.2) is 0 Å². The second kappa shape index (κ2) is 4.88. The maximum atomic E-state index is 5.33. The van der Waals surface area contributed by atoms with Crippen LogP contribution in [0.5, 0.6) is 0 Å². The Labute approximate surface area is 77.1 Å². The maximum Gasteiger partial charge on any atom is 0.200 e. The molecule has 6 heteroatoms. The van der Waals surface area contributed by atoms with E-state index >= 15 is 0 Å². The van der Waals surface area contributed by atoms with Gasteiger partial charge in [0.1, 0.15) is 6.61 Å². The third kappa shape index (κ3) is 3.47. The van der Waals surface area contributed by atoms with Gasteiger partial charge in [-0.05, 0) is 19.1 Å². The molecule has 0 amide bonds. The molecule has 0 saturated carbocycles. The smallest absolute Gasteiger partial charge is 0.200 e. The lowest BCUT2D eigenvalue weighted by atomic mass is 10.5. The molecule has 1 aromatic rings. The van der Waals surface area contributed by atoms with Crippen LogP contribution in [0, 0.1) is 0 Å². The predicted octanol–water partition coefficient (Wildman–Crippen LogP) is -0.443. The third-order valence-electron chi connectivity index (χ3n) is 1.37. The number of ether oxygens (including phenoxy) is 1. The summed E-state index contributed by atoms with van der Waals surface area (Å²) < 4.78 is 5.31. The summed E-state index contributed by atoms with van der Waals surface area (Å²) in [6.07, 6.45) is 0.182. The normalized spacial score (nSPS) is 11.1. The Bertz CT molecular complexity index is 247. The standard InChI is InChI=1S/C7H15N5O/c1-6(2)13-5-7-9-11-12(10-7)4-3-8/h6H,3-5,8H2,1-2H3. The van der Waals surface area contributed by atoms with Crippen molar-refractivity contribution in [2.24, 2.45) is 5.73 Å². The van der Waals surface area contributed by atoms with E-state index in [4.69, 9.17) is 10.5 Å². The van der Waals surface area contributed by atoms with Gasteiger partial charge in [-0.25, -0.2) is 0 Å². The molecule has 0 radical (unpaired) electrons. The van der Waals surface area contributed by atoms with Gasteiger partial charge in [0.05, 0.1) is 12.6 Å². The van der Waals surface area contributed by atoms with Crippen LogP contribution >= 0.6 is 0 Å². The van der Waals surface area contributed by atoms with Crippen molar-refractivity contribution in [1.82, 2.24) is 20.2 Å². The lowest BCUT2D eigenvalue weighted by Crippen LogP contribution is -2.12. The van der Waals surface area contributed by atoms with Gasteiger partial charge in [0.25, 0.3) is 0 Å². The van der Waals surface area contributed by atoms with Crippen LogP contribution in [0.1, 0.15) is 19.7 Å². The Morgan fingerprint density at radius 2 is 2.31 bits per heavy atom. The van der Waals surface area contributed by atoms with Gasteiger partial charge in [0, 0.05) is 6.54 Å². The zero-order valence-electron chi connectivity index (χ0n) is 7.97. The van der Waals surface area contributed by atoms with Crippen LogP contribution in [-0.2, 0) is 17.9 Å². The quantitative estimate of drug-likeness (QED) is 0.672. The molecule has 0 aliphatic heterocycles. The van der Waals surface area contributed by atoms with Crippen molar-refractivity contribution >= 4 is 0 Å². The molecular formula is C7H15N5O. The molecule has 1 aromatic heterocycles. The molecule has 0 spiro atoms. The summed E-state index contributed by atoms with van der Waals surface area (Å²) in [6, 6.07) is 0. The summed E-state index contributed by atoms with van der Waals surface area (Å²) in [4.78, 5) is 1.47. The first-order chi connectivity index (χ1) is 6.22. The molecule has 0 aliphatic rings. The summed E-state index contributed by atoms with van der Waals surface area (Å²) in [6.45, 7) is 5.44. The summed E-state index contributed by atoms with van der Waals surface area (Å²) in [5, 5.41) is 11.7. The van der Waals surface area contributed by atoms with Crippen molar-refractivity contribution in [2.45, 2.75) is 33.1 Å². The first-order valence-electron chi connectivity index (χ1n) is 4.30. The molecule has 0 saturated heterocycles. The Kier molecular flexibility index (Phi) is 3.78. The van der Waals surface area contributed by atoms with Crippen molar-refractivity contribution in [2.75, 3.05) is 6.54 Å². The molecule has 1 heterocycles. The predicted molar refractivity (Wildman–Crippen MR) is 46.8 cm³/mol. The van der Waals surface area contributed by atoms with Crippen molar-refractivity contribution < 1.29 is 4.74 Å². The van der Waals surface area contributed by atoms with Crippen LogP contribution in [0.25, 0.3) is 0 Å². The van der Waals surface area contributed by atoms with Gasteiger partial charge in [-0.3, -0.25) is 0 Å². The van der Waals surface area contributed by atoms with Crippen molar-refractivity contribution in [1.29, 1.82) is 0 Å². The minimum Gasteiger partial charge on any atom is -0.371 e. The molecular weight excluding hydrogens is 170 g/mol. The second-order valence-corrected chi connectivity index (χ2v) is 2.95. The second-order valence-electron chi connectivity index (χ2n) is 2.95. The Morgan fingerprint density at radius 1 is 1.54 bits per heavy atom. The van der Waals surface area contributed by atoms with Crippen molar-refractivity contribution in [3.63, 3.8) is 0 Å². The van der Waals surface area contributed by atoms with E-state index in [1.165, 1.54) is 4.80 Å². The number of aromatic nitrogens is 4. The van der Waals surface area contributed by atoms with Crippen LogP contribution in [0.3, 0.4) is 0 Å². The third-order valence-corrected chi connectivity index (χ3v) is 1.37. The van der Waals surface area contributed by atoms with Gasteiger partial charge in [-0.2, -0.15) is 4.80 Å². The zero-order valence-corrected chi connectivity index (χ0v) is 7.97. The highest BCUT2D eigenvalue weighted by Crippen LogP contribution is 1.94. The van der Waals surface area contributed by atoms with E-state index in [1.54, 1.807) is 0 Å². The fourth-order valence-corrected chi connectivity index (χ4v) is 0.786. The topological polar surface area (TPSA) is 78.9 Å². The molecule has 0 unspecified atom stereocenters. The molecule has 0 atom stereocenters. The minimum absolute atomic E-state index is 0.182. The van der Waals surface area contributed by atoms with Gasteiger partial charge in [-0.1, -0.05) is 0 Å². The lowest BCUT2D eigenvalue weighted by Gasteiger charge is -2.02. The number of nitrogens with two attached hydrogens (primary N) is 1. The van der Waals surface area contributed by atoms with Crippen molar-refractivity contribution in [3.8, 4) is 0 Å². The number of tetrazole rings is 1. The Hall–Kier alpha value is -1.01.